The topological polar surface area (TPSA) is 182 Å². The molecule has 1 fully saturated rings. The molecule has 0 radical (unpaired) electrons. The van der Waals surface area contributed by atoms with Crippen molar-refractivity contribution in [3.63, 3.8) is 0 Å². The van der Waals surface area contributed by atoms with Gasteiger partial charge in [-0.15, -0.1) is 0 Å². The molecule has 1 aliphatic rings. The number of esters is 1. The third kappa shape index (κ3) is 7.19. The summed E-state index contributed by atoms with van der Waals surface area (Å²) in [4.78, 5) is 25.4. The molecule has 254 valence electrons. The fourth-order valence-electron chi connectivity index (χ4n) is 5.47. The van der Waals surface area contributed by atoms with Crippen molar-refractivity contribution in [2.24, 2.45) is 0 Å². The van der Waals surface area contributed by atoms with Gasteiger partial charge in [0.1, 0.15) is 29.6 Å². The molecule has 47 heavy (non-hydrogen) atoms. The number of imidazole rings is 1. The minimum atomic E-state index is -4.43. The Balaban J connectivity index is 1.40. The minimum absolute atomic E-state index is 0.0887. The first-order chi connectivity index (χ1) is 22.4. The summed E-state index contributed by atoms with van der Waals surface area (Å²) < 4.78 is 60.1. The Hall–Kier alpha value is -3.88. The number of aliphatic hydroxyl groups is 1. The molecule has 0 amide bonds. The number of nitrogens with two attached hydrogens (primary N) is 1. The molecule has 2 aromatic heterocycles. The van der Waals surface area contributed by atoms with E-state index in [1.165, 1.54) is 31.9 Å². The van der Waals surface area contributed by atoms with Crippen molar-refractivity contribution in [3.8, 4) is 11.6 Å². The van der Waals surface area contributed by atoms with Crippen molar-refractivity contribution in [1.82, 2.24) is 24.6 Å². The van der Waals surface area contributed by atoms with Gasteiger partial charge in [0.25, 0.3) is 0 Å². The van der Waals surface area contributed by atoms with Crippen molar-refractivity contribution in [2.75, 3.05) is 19.5 Å². The van der Waals surface area contributed by atoms with E-state index in [0.717, 1.165) is 11.8 Å². The molecule has 5 rings (SSSR count). The molecule has 4 N–H and O–H groups in total. The summed E-state index contributed by atoms with van der Waals surface area (Å²) in [6, 6.07) is 11.3. The summed E-state index contributed by atoms with van der Waals surface area (Å²) in [5.74, 6) is -0.480. The molecule has 7 unspecified atom stereocenters. The number of nitrogens with zero attached hydrogens (tertiary/aromatic N) is 4. The standard InChI is InChI=1S/C31H40FN6O8P/c1-6-11-20(7-2)44-28(39)18(3)37-47(41,46-22-15-10-13-19-12-8-9-14-21(19)22)43-16-23-25(32)31(4,40)29(45-23)38-17-34-24-26(38)35-30(33)36-27(24)42-5/h8-10,12-15,17-18,20,23,25,29,40H,6-7,11,16H2,1-5H3,(H,37,41)(H2,33,35,36). The van der Waals surface area contributed by atoms with Crippen LogP contribution in [-0.2, 0) is 23.4 Å². The van der Waals surface area contributed by atoms with Crippen molar-refractivity contribution < 1.29 is 42.1 Å². The van der Waals surface area contributed by atoms with Crippen LogP contribution in [0.25, 0.3) is 21.9 Å². The maximum absolute atomic E-state index is 15.9. The number of anilines is 1. The maximum atomic E-state index is 15.9. The molecule has 16 heteroatoms. The number of methoxy groups -OCH3 is 1. The highest BCUT2D eigenvalue weighted by Crippen LogP contribution is 2.49. The fraction of sp³-hybridized carbons (Fsp3) is 0.484. The molecular weight excluding hydrogens is 634 g/mol. The number of hydrogen-bond acceptors (Lipinski definition) is 12. The monoisotopic (exact) mass is 674 g/mol. The quantitative estimate of drug-likeness (QED) is 0.122. The van der Waals surface area contributed by atoms with Crippen LogP contribution in [0.5, 0.6) is 11.6 Å². The summed E-state index contributed by atoms with van der Waals surface area (Å²) in [5, 5.41) is 15.4. The highest BCUT2D eigenvalue weighted by atomic mass is 31.2. The number of alkyl halides is 1. The highest BCUT2D eigenvalue weighted by Gasteiger charge is 2.55. The third-order valence-electron chi connectivity index (χ3n) is 7.97. The van der Waals surface area contributed by atoms with Gasteiger partial charge in [0.2, 0.25) is 11.8 Å². The molecule has 3 heterocycles. The molecule has 7 atom stereocenters. The van der Waals surface area contributed by atoms with E-state index in [-0.39, 0.29) is 34.8 Å². The van der Waals surface area contributed by atoms with E-state index < -0.39 is 50.5 Å². The van der Waals surface area contributed by atoms with Gasteiger partial charge in [-0.2, -0.15) is 15.1 Å². The van der Waals surface area contributed by atoms with Gasteiger partial charge in [-0.25, -0.2) is 13.9 Å². The smallest absolute Gasteiger partial charge is 0.459 e. The Morgan fingerprint density at radius 3 is 2.70 bits per heavy atom. The normalized spacial score (nSPS) is 23.8. The first-order valence-electron chi connectivity index (χ1n) is 15.4. The van der Waals surface area contributed by atoms with Gasteiger partial charge in [-0.3, -0.25) is 13.9 Å². The number of carbonyl (C=O) groups excluding carboxylic acids is 1. The van der Waals surface area contributed by atoms with Gasteiger partial charge < -0.3 is 29.6 Å². The van der Waals surface area contributed by atoms with Gasteiger partial charge in [-0.1, -0.05) is 56.7 Å². The van der Waals surface area contributed by atoms with Crippen LogP contribution in [0.2, 0.25) is 0 Å². The highest BCUT2D eigenvalue weighted by molar-refractivity contribution is 7.52. The SMILES string of the molecule is CCCC(CC)OC(=O)C(C)NP(=O)(OCC1OC(n2cnc3c(OC)nc(N)nc32)C(C)(O)C1F)Oc1cccc2ccccc12. The van der Waals surface area contributed by atoms with Gasteiger partial charge in [0, 0.05) is 5.39 Å². The number of nitrogens with one attached hydrogen (secondary N) is 1. The first kappa shape index (κ1) is 34.5. The van der Waals surface area contributed by atoms with Gasteiger partial charge in [-0.05, 0) is 38.1 Å². The number of aromatic nitrogens is 4. The molecule has 4 aromatic rings. The summed E-state index contributed by atoms with van der Waals surface area (Å²) in [5.41, 5.74) is 4.07. The lowest BCUT2D eigenvalue weighted by Gasteiger charge is -2.26. The van der Waals surface area contributed by atoms with Crippen LogP contribution in [0.4, 0.5) is 10.3 Å². The van der Waals surface area contributed by atoms with Crippen molar-refractivity contribution in [3.05, 3.63) is 48.8 Å². The molecule has 14 nitrogen and oxygen atoms in total. The van der Waals surface area contributed by atoms with Crippen molar-refractivity contribution in [2.45, 2.75) is 83.2 Å². The zero-order valence-corrected chi connectivity index (χ0v) is 27.7. The molecule has 2 aromatic carbocycles. The Labute approximate surface area is 271 Å². The number of ether oxygens (including phenoxy) is 3. The summed E-state index contributed by atoms with van der Waals surface area (Å²) in [6.07, 6.45) is -1.72. The van der Waals surface area contributed by atoms with E-state index in [1.54, 1.807) is 24.3 Å². The Morgan fingerprint density at radius 1 is 1.23 bits per heavy atom. The van der Waals surface area contributed by atoms with Gasteiger partial charge in [0.05, 0.1) is 20.0 Å². The van der Waals surface area contributed by atoms with Crippen LogP contribution in [-0.4, -0.2) is 74.3 Å². The molecule has 0 spiro atoms. The minimum Gasteiger partial charge on any atom is -0.479 e. The number of carbonyl (C=O) groups is 1. The van der Waals surface area contributed by atoms with Crippen LogP contribution in [0.15, 0.2) is 48.8 Å². The largest absolute Gasteiger partial charge is 0.479 e. The number of nitrogen functional groups attached to an aromatic ring is 1. The predicted molar refractivity (Wildman–Crippen MR) is 172 cm³/mol. The van der Waals surface area contributed by atoms with E-state index in [1.807, 2.05) is 32.0 Å². The Morgan fingerprint density at radius 2 is 1.98 bits per heavy atom. The zero-order chi connectivity index (χ0) is 33.9. The molecular formula is C31H40FN6O8P. The molecule has 1 saturated heterocycles. The predicted octanol–water partition coefficient (Wildman–Crippen LogP) is 4.86. The summed E-state index contributed by atoms with van der Waals surface area (Å²) in [6.45, 7) is 5.98. The van der Waals surface area contributed by atoms with Crippen molar-refractivity contribution >= 4 is 41.6 Å². The second kappa shape index (κ2) is 14.1. The van der Waals surface area contributed by atoms with Crippen LogP contribution < -0.4 is 20.1 Å². The third-order valence-corrected chi connectivity index (χ3v) is 9.60. The lowest BCUT2D eigenvalue weighted by Crippen LogP contribution is -2.42. The lowest BCUT2D eigenvalue weighted by molar-refractivity contribution is -0.151. The number of halogens is 1. The number of fused-ring (bicyclic) bond motifs is 2. The van der Waals surface area contributed by atoms with E-state index in [2.05, 4.69) is 20.0 Å². The summed E-state index contributed by atoms with van der Waals surface area (Å²) in [7, 11) is -3.05. The molecule has 0 aliphatic carbocycles. The van der Waals surface area contributed by atoms with Gasteiger partial charge >= 0.3 is 13.7 Å². The average Bonchev–Trinajstić information content (AvgIpc) is 3.56. The van der Waals surface area contributed by atoms with E-state index in [9.17, 15) is 14.5 Å². The second-order valence-corrected chi connectivity index (χ2v) is 13.2. The fourth-order valence-corrected chi connectivity index (χ4v) is 6.99. The molecule has 0 bridgehead atoms. The van der Waals surface area contributed by atoms with E-state index in [4.69, 9.17) is 29.0 Å². The van der Waals surface area contributed by atoms with E-state index >= 15 is 4.39 Å². The van der Waals surface area contributed by atoms with Crippen LogP contribution >= 0.6 is 7.75 Å². The zero-order valence-electron chi connectivity index (χ0n) is 26.8. The van der Waals surface area contributed by atoms with E-state index in [0.29, 0.717) is 18.2 Å². The molecule has 1 aliphatic heterocycles. The van der Waals surface area contributed by atoms with Crippen molar-refractivity contribution in [1.29, 1.82) is 0 Å². The second-order valence-electron chi connectivity index (χ2n) is 11.5. The van der Waals surface area contributed by atoms with Crippen LogP contribution in [0.3, 0.4) is 0 Å². The Bertz CT molecular complexity index is 1770. The molecule has 0 saturated carbocycles. The summed E-state index contributed by atoms with van der Waals surface area (Å²) >= 11 is 0. The number of hydrogen-bond donors (Lipinski definition) is 3. The van der Waals surface area contributed by atoms with Crippen LogP contribution in [0.1, 0.15) is 53.2 Å². The van der Waals surface area contributed by atoms with Crippen LogP contribution in [0, 0.1) is 0 Å². The van der Waals surface area contributed by atoms with Gasteiger partial charge in [0.15, 0.2) is 23.6 Å². The maximum Gasteiger partial charge on any atom is 0.459 e. The average molecular weight is 675 g/mol. The number of benzene rings is 2. The lowest BCUT2D eigenvalue weighted by atomic mass is 9.98. The number of rotatable bonds is 14. The Kier molecular flexibility index (Phi) is 10.3. The first-order valence-corrected chi connectivity index (χ1v) is 16.9.